The molecule has 0 unspecified atom stereocenters. The number of aliphatic hydroxyl groups excluding tert-OH is 1. The molecule has 0 aromatic heterocycles. The predicted octanol–water partition coefficient (Wildman–Crippen LogP) is 2.58. The molecule has 2 atom stereocenters. The summed E-state index contributed by atoms with van der Waals surface area (Å²) in [5.74, 6) is 0.654. The van der Waals surface area contributed by atoms with Crippen molar-refractivity contribution in [3.8, 4) is 11.8 Å². The quantitative estimate of drug-likeness (QED) is 0.854. The molecule has 108 valence electrons. The van der Waals surface area contributed by atoms with Crippen molar-refractivity contribution < 1.29 is 9.84 Å². The van der Waals surface area contributed by atoms with Crippen LogP contribution in [-0.4, -0.2) is 18.8 Å². The largest absolute Gasteiger partial charge is 0.496 e. The van der Waals surface area contributed by atoms with Crippen LogP contribution in [0.5, 0.6) is 5.75 Å². The van der Waals surface area contributed by atoms with Crippen LogP contribution in [0.1, 0.15) is 23.2 Å². The molecule has 0 saturated carbocycles. The molecule has 0 aliphatic carbocycles. The Morgan fingerprint density at radius 2 is 1.81 bits per heavy atom. The monoisotopic (exact) mass is 282 g/mol. The summed E-state index contributed by atoms with van der Waals surface area (Å²) in [6.45, 7) is -0.0860. The van der Waals surface area contributed by atoms with E-state index >= 15 is 0 Å². The summed E-state index contributed by atoms with van der Waals surface area (Å²) in [5, 5.41) is 22.2. The Morgan fingerprint density at radius 3 is 2.43 bits per heavy atom. The first-order valence-electron chi connectivity index (χ1n) is 6.74. The number of nitriles is 1. The SMILES string of the molecule is COc1ccccc1[C@@H](C#N)N[C@@H](CO)c1ccccc1. The molecule has 4 heteroatoms. The Balaban J connectivity index is 2.24. The molecule has 0 amide bonds. The highest BCUT2D eigenvalue weighted by Gasteiger charge is 2.20. The summed E-state index contributed by atoms with van der Waals surface area (Å²) in [5.41, 5.74) is 1.70. The molecular weight excluding hydrogens is 264 g/mol. The van der Waals surface area contributed by atoms with Gasteiger partial charge in [-0.25, -0.2) is 0 Å². The molecule has 2 rings (SSSR count). The third kappa shape index (κ3) is 3.60. The average Bonchev–Trinajstić information content (AvgIpc) is 2.57. The molecule has 0 aliphatic rings. The number of aliphatic hydroxyl groups is 1. The maximum absolute atomic E-state index is 9.59. The summed E-state index contributed by atoms with van der Waals surface area (Å²) < 4.78 is 5.30. The van der Waals surface area contributed by atoms with E-state index in [1.54, 1.807) is 7.11 Å². The van der Waals surface area contributed by atoms with Gasteiger partial charge in [0.25, 0.3) is 0 Å². The Labute approximate surface area is 124 Å². The average molecular weight is 282 g/mol. The van der Waals surface area contributed by atoms with Gasteiger partial charge in [-0.3, -0.25) is 5.32 Å². The first kappa shape index (κ1) is 15.0. The highest BCUT2D eigenvalue weighted by atomic mass is 16.5. The summed E-state index contributed by atoms with van der Waals surface area (Å²) in [4.78, 5) is 0. The van der Waals surface area contributed by atoms with Crippen LogP contribution in [0.15, 0.2) is 54.6 Å². The Bertz CT molecular complexity index is 608. The van der Waals surface area contributed by atoms with Crippen LogP contribution in [0.4, 0.5) is 0 Å². The zero-order chi connectivity index (χ0) is 15.1. The van der Waals surface area contributed by atoms with E-state index in [4.69, 9.17) is 4.74 Å². The minimum atomic E-state index is -0.557. The molecule has 2 N–H and O–H groups in total. The van der Waals surface area contributed by atoms with Crippen LogP contribution in [0.2, 0.25) is 0 Å². The second-order valence-electron chi connectivity index (χ2n) is 4.62. The van der Waals surface area contributed by atoms with Gasteiger partial charge in [0.05, 0.1) is 25.8 Å². The summed E-state index contributed by atoms with van der Waals surface area (Å²) >= 11 is 0. The standard InChI is InChI=1S/C17H18N2O2/c1-21-17-10-6-5-9-14(17)15(11-18)19-16(12-20)13-7-3-2-4-8-13/h2-10,15-16,19-20H,12H2,1H3/t15-,16+/m1/s1. The molecule has 0 bridgehead atoms. The van der Waals surface area contributed by atoms with Crippen molar-refractivity contribution >= 4 is 0 Å². The number of para-hydroxylation sites is 1. The number of hydrogen-bond donors (Lipinski definition) is 2. The van der Waals surface area contributed by atoms with Crippen LogP contribution in [0.3, 0.4) is 0 Å². The molecule has 2 aromatic carbocycles. The van der Waals surface area contributed by atoms with Crippen molar-refractivity contribution in [2.45, 2.75) is 12.1 Å². The number of hydrogen-bond acceptors (Lipinski definition) is 4. The van der Waals surface area contributed by atoms with E-state index < -0.39 is 6.04 Å². The van der Waals surface area contributed by atoms with Gasteiger partial charge >= 0.3 is 0 Å². The van der Waals surface area contributed by atoms with E-state index in [1.165, 1.54) is 0 Å². The zero-order valence-corrected chi connectivity index (χ0v) is 11.9. The van der Waals surface area contributed by atoms with E-state index in [0.717, 1.165) is 11.1 Å². The topological polar surface area (TPSA) is 65.3 Å². The van der Waals surface area contributed by atoms with Crippen molar-refractivity contribution in [1.29, 1.82) is 5.26 Å². The lowest BCUT2D eigenvalue weighted by Crippen LogP contribution is -2.28. The zero-order valence-electron chi connectivity index (χ0n) is 11.9. The number of ether oxygens (including phenoxy) is 1. The number of nitrogens with one attached hydrogen (secondary N) is 1. The normalized spacial score (nSPS) is 13.2. The maximum atomic E-state index is 9.59. The van der Waals surface area contributed by atoms with Crippen molar-refractivity contribution in [1.82, 2.24) is 5.32 Å². The molecule has 0 aliphatic heterocycles. The molecule has 4 nitrogen and oxygen atoms in total. The van der Waals surface area contributed by atoms with Crippen LogP contribution in [0, 0.1) is 11.3 Å². The minimum Gasteiger partial charge on any atom is -0.496 e. The third-order valence-corrected chi connectivity index (χ3v) is 3.33. The number of rotatable bonds is 6. The molecule has 2 aromatic rings. The van der Waals surface area contributed by atoms with Gasteiger partial charge in [-0.05, 0) is 11.6 Å². The highest BCUT2D eigenvalue weighted by molar-refractivity contribution is 5.39. The van der Waals surface area contributed by atoms with Gasteiger partial charge in [-0.2, -0.15) is 5.26 Å². The molecule has 0 saturated heterocycles. The number of methoxy groups -OCH3 is 1. The second kappa shape index (κ2) is 7.44. The predicted molar refractivity (Wildman–Crippen MR) is 80.8 cm³/mol. The second-order valence-corrected chi connectivity index (χ2v) is 4.62. The van der Waals surface area contributed by atoms with E-state index in [-0.39, 0.29) is 12.6 Å². The number of benzene rings is 2. The van der Waals surface area contributed by atoms with Gasteiger partial charge in [0.15, 0.2) is 0 Å². The van der Waals surface area contributed by atoms with Gasteiger partial charge in [0.2, 0.25) is 0 Å². The van der Waals surface area contributed by atoms with E-state index in [2.05, 4.69) is 11.4 Å². The molecule has 21 heavy (non-hydrogen) atoms. The van der Waals surface area contributed by atoms with Crippen molar-refractivity contribution in [2.24, 2.45) is 0 Å². The van der Waals surface area contributed by atoms with Crippen LogP contribution in [0.25, 0.3) is 0 Å². The fourth-order valence-electron chi connectivity index (χ4n) is 2.24. The van der Waals surface area contributed by atoms with E-state index in [9.17, 15) is 10.4 Å². The van der Waals surface area contributed by atoms with Crippen LogP contribution in [-0.2, 0) is 0 Å². The summed E-state index contributed by atoms with van der Waals surface area (Å²) in [6.07, 6.45) is 0. The van der Waals surface area contributed by atoms with E-state index in [1.807, 2.05) is 54.6 Å². The van der Waals surface area contributed by atoms with Crippen molar-refractivity contribution in [3.63, 3.8) is 0 Å². The third-order valence-electron chi connectivity index (χ3n) is 3.33. The van der Waals surface area contributed by atoms with Gasteiger partial charge in [0, 0.05) is 5.56 Å². The fourth-order valence-corrected chi connectivity index (χ4v) is 2.24. The Kier molecular flexibility index (Phi) is 5.33. The molecule has 0 radical (unpaired) electrons. The summed E-state index contributed by atoms with van der Waals surface area (Å²) in [6, 6.07) is 18.3. The van der Waals surface area contributed by atoms with Gasteiger partial charge in [-0.15, -0.1) is 0 Å². The lowest BCUT2D eigenvalue weighted by Gasteiger charge is -2.22. The van der Waals surface area contributed by atoms with Gasteiger partial charge in [0.1, 0.15) is 11.8 Å². The maximum Gasteiger partial charge on any atom is 0.125 e. The first-order valence-corrected chi connectivity index (χ1v) is 6.74. The van der Waals surface area contributed by atoms with Crippen molar-refractivity contribution in [3.05, 3.63) is 65.7 Å². The lowest BCUT2D eigenvalue weighted by molar-refractivity contribution is 0.239. The molecule has 0 fully saturated rings. The van der Waals surface area contributed by atoms with E-state index in [0.29, 0.717) is 5.75 Å². The minimum absolute atomic E-state index is 0.0860. The molecule has 0 heterocycles. The molecule has 0 spiro atoms. The number of nitrogens with zero attached hydrogens (tertiary/aromatic N) is 1. The van der Waals surface area contributed by atoms with Crippen LogP contribution >= 0.6 is 0 Å². The van der Waals surface area contributed by atoms with Crippen molar-refractivity contribution in [2.75, 3.05) is 13.7 Å². The highest BCUT2D eigenvalue weighted by Crippen LogP contribution is 2.26. The summed E-state index contributed by atoms with van der Waals surface area (Å²) in [7, 11) is 1.58. The Hall–Kier alpha value is -2.35. The first-order chi connectivity index (χ1) is 10.3. The molecular formula is C17H18N2O2. The Morgan fingerprint density at radius 1 is 1.14 bits per heavy atom. The van der Waals surface area contributed by atoms with Crippen LogP contribution < -0.4 is 10.1 Å². The van der Waals surface area contributed by atoms with Gasteiger partial charge in [-0.1, -0.05) is 48.5 Å². The fraction of sp³-hybridized carbons (Fsp3) is 0.235. The van der Waals surface area contributed by atoms with Gasteiger partial charge < -0.3 is 9.84 Å². The lowest BCUT2D eigenvalue weighted by atomic mass is 10.0. The smallest absolute Gasteiger partial charge is 0.125 e.